The lowest BCUT2D eigenvalue weighted by atomic mass is 9.95. The zero-order chi connectivity index (χ0) is 19.7. The molecule has 6 nitrogen and oxygen atoms in total. The Balaban J connectivity index is 1.78. The molecule has 0 radical (unpaired) electrons. The minimum atomic E-state index is -0.0886. The summed E-state index contributed by atoms with van der Waals surface area (Å²) < 4.78 is 3.90. The number of carbonyl (C=O) groups is 1. The molecule has 0 spiro atoms. The maximum Gasteiger partial charge on any atom is 0.329 e. The van der Waals surface area contributed by atoms with Gasteiger partial charge in [0.2, 0.25) is 0 Å². The third-order valence-corrected chi connectivity index (χ3v) is 6.33. The fraction of sp³-hybridized carbons (Fsp3) is 0.636. The first-order valence-corrected chi connectivity index (χ1v) is 10.8. The van der Waals surface area contributed by atoms with Crippen LogP contribution in [0.3, 0.4) is 0 Å². The normalized spacial score (nSPS) is 17.9. The van der Waals surface area contributed by atoms with Crippen molar-refractivity contribution in [3.8, 4) is 0 Å². The van der Waals surface area contributed by atoms with Gasteiger partial charge in [-0.05, 0) is 56.7 Å². The maximum absolute atomic E-state index is 13.3. The summed E-state index contributed by atoms with van der Waals surface area (Å²) in [5.41, 5.74) is 2.52. The summed E-state index contributed by atoms with van der Waals surface area (Å²) in [5, 5.41) is 9.23. The van der Waals surface area contributed by atoms with E-state index in [0.717, 1.165) is 30.4 Å². The molecular formula is C22H31N3O3. The SMILES string of the molecule is CCN(CCO)C(=O)c1ccc2c(c1)n(CC1CC1)c(=O)n2C1CCCCC1. The van der Waals surface area contributed by atoms with Crippen molar-refractivity contribution in [1.29, 1.82) is 0 Å². The van der Waals surface area contributed by atoms with Crippen molar-refractivity contribution in [3.05, 3.63) is 34.2 Å². The molecule has 1 aromatic carbocycles. The molecule has 2 fully saturated rings. The summed E-state index contributed by atoms with van der Waals surface area (Å²) >= 11 is 0. The summed E-state index contributed by atoms with van der Waals surface area (Å²) in [7, 11) is 0. The second kappa shape index (κ2) is 8.11. The Labute approximate surface area is 165 Å². The van der Waals surface area contributed by atoms with Crippen molar-refractivity contribution < 1.29 is 9.90 Å². The Hall–Kier alpha value is -2.08. The molecule has 1 amide bonds. The molecule has 2 aliphatic rings. The minimum Gasteiger partial charge on any atom is -0.395 e. The van der Waals surface area contributed by atoms with Gasteiger partial charge >= 0.3 is 5.69 Å². The van der Waals surface area contributed by atoms with E-state index < -0.39 is 0 Å². The Kier molecular flexibility index (Phi) is 5.58. The Morgan fingerprint density at radius 3 is 2.54 bits per heavy atom. The molecule has 2 saturated carbocycles. The molecular weight excluding hydrogens is 354 g/mol. The van der Waals surface area contributed by atoms with Gasteiger partial charge in [-0.1, -0.05) is 19.3 Å². The molecule has 0 saturated heterocycles. The maximum atomic E-state index is 13.3. The lowest BCUT2D eigenvalue weighted by Crippen LogP contribution is -2.33. The topological polar surface area (TPSA) is 67.5 Å². The van der Waals surface area contributed by atoms with E-state index in [2.05, 4.69) is 0 Å². The number of rotatable bonds is 7. The highest BCUT2D eigenvalue weighted by atomic mass is 16.3. The molecule has 0 atom stereocenters. The number of benzene rings is 1. The molecule has 4 rings (SSSR count). The van der Waals surface area contributed by atoms with Crippen molar-refractivity contribution >= 4 is 16.9 Å². The number of imidazole rings is 1. The van der Waals surface area contributed by atoms with Gasteiger partial charge < -0.3 is 10.0 Å². The number of hydrogen-bond acceptors (Lipinski definition) is 3. The van der Waals surface area contributed by atoms with Crippen LogP contribution in [0.4, 0.5) is 0 Å². The molecule has 2 aliphatic carbocycles. The Morgan fingerprint density at radius 2 is 1.89 bits per heavy atom. The molecule has 1 aromatic heterocycles. The van der Waals surface area contributed by atoms with Crippen molar-refractivity contribution in [3.63, 3.8) is 0 Å². The van der Waals surface area contributed by atoms with Gasteiger partial charge in [-0.25, -0.2) is 4.79 Å². The standard InChI is InChI=1S/C22H31N3O3/c1-2-23(12-13-26)21(27)17-10-11-19-20(14-17)24(15-16-8-9-16)22(28)25(19)18-6-4-3-5-7-18/h10-11,14,16,18,26H,2-9,12-13,15H2,1H3. The molecule has 152 valence electrons. The van der Waals surface area contributed by atoms with Crippen LogP contribution in [0.15, 0.2) is 23.0 Å². The molecule has 1 heterocycles. The van der Waals surface area contributed by atoms with Crippen LogP contribution >= 0.6 is 0 Å². The van der Waals surface area contributed by atoms with E-state index in [9.17, 15) is 14.7 Å². The molecule has 0 unspecified atom stereocenters. The highest BCUT2D eigenvalue weighted by Crippen LogP contribution is 2.34. The smallest absolute Gasteiger partial charge is 0.329 e. The predicted molar refractivity (Wildman–Crippen MR) is 110 cm³/mol. The van der Waals surface area contributed by atoms with Crippen LogP contribution in [0.25, 0.3) is 11.0 Å². The van der Waals surface area contributed by atoms with Crippen LogP contribution in [0.5, 0.6) is 0 Å². The van der Waals surface area contributed by atoms with E-state index in [-0.39, 0.29) is 24.2 Å². The number of hydrogen-bond donors (Lipinski definition) is 1. The third-order valence-electron chi connectivity index (χ3n) is 6.33. The number of carbonyl (C=O) groups excluding carboxylic acids is 1. The first-order chi connectivity index (χ1) is 13.6. The molecule has 2 aromatic rings. The first-order valence-electron chi connectivity index (χ1n) is 10.8. The Bertz CT molecular complexity index is 904. The summed E-state index contributed by atoms with van der Waals surface area (Å²) in [5.74, 6) is 0.498. The number of fused-ring (bicyclic) bond motifs is 1. The number of nitrogens with zero attached hydrogens (tertiary/aromatic N) is 3. The van der Waals surface area contributed by atoms with Gasteiger partial charge in [0.15, 0.2) is 0 Å². The van der Waals surface area contributed by atoms with Crippen molar-refractivity contribution in [2.24, 2.45) is 5.92 Å². The monoisotopic (exact) mass is 385 g/mol. The molecule has 28 heavy (non-hydrogen) atoms. The summed E-state index contributed by atoms with van der Waals surface area (Å²) in [6.45, 7) is 3.49. The largest absolute Gasteiger partial charge is 0.395 e. The first kappa shape index (κ1) is 19.2. The third kappa shape index (κ3) is 3.62. The van der Waals surface area contributed by atoms with Gasteiger partial charge in [-0.3, -0.25) is 13.9 Å². The average Bonchev–Trinajstić information content (AvgIpc) is 3.50. The Morgan fingerprint density at radius 1 is 1.14 bits per heavy atom. The van der Waals surface area contributed by atoms with Crippen LogP contribution in [0, 0.1) is 5.92 Å². The number of aromatic nitrogens is 2. The summed E-state index contributed by atoms with van der Waals surface area (Å²) in [6, 6.07) is 5.95. The predicted octanol–water partition coefficient (Wildman–Crippen LogP) is 3.17. The van der Waals surface area contributed by atoms with E-state index in [1.54, 1.807) is 4.90 Å². The van der Waals surface area contributed by atoms with E-state index in [1.165, 1.54) is 32.1 Å². The number of aliphatic hydroxyl groups excluding tert-OH is 1. The van der Waals surface area contributed by atoms with Gasteiger partial charge in [0.25, 0.3) is 5.91 Å². The van der Waals surface area contributed by atoms with Crippen LogP contribution in [-0.4, -0.2) is 44.7 Å². The van der Waals surface area contributed by atoms with Crippen LogP contribution in [-0.2, 0) is 6.54 Å². The van der Waals surface area contributed by atoms with Gasteiger partial charge in [0.05, 0.1) is 17.6 Å². The summed E-state index contributed by atoms with van der Waals surface area (Å²) in [6.07, 6.45) is 8.09. The van der Waals surface area contributed by atoms with Crippen molar-refractivity contribution in [1.82, 2.24) is 14.0 Å². The lowest BCUT2D eigenvalue weighted by molar-refractivity contribution is 0.0732. The number of amides is 1. The number of aliphatic hydroxyl groups is 1. The zero-order valence-corrected chi connectivity index (χ0v) is 16.8. The van der Waals surface area contributed by atoms with Gasteiger partial charge in [0, 0.05) is 31.2 Å². The number of likely N-dealkylation sites (N-methyl/N-ethyl adjacent to an activating group) is 1. The van der Waals surface area contributed by atoms with Gasteiger partial charge in [-0.2, -0.15) is 0 Å². The van der Waals surface area contributed by atoms with Crippen molar-refractivity contribution in [2.75, 3.05) is 19.7 Å². The average molecular weight is 386 g/mol. The van der Waals surface area contributed by atoms with E-state index in [0.29, 0.717) is 24.6 Å². The van der Waals surface area contributed by atoms with E-state index in [4.69, 9.17) is 0 Å². The highest BCUT2D eigenvalue weighted by molar-refractivity contribution is 5.97. The van der Waals surface area contributed by atoms with Crippen molar-refractivity contribution in [2.45, 2.75) is 64.5 Å². The highest BCUT2D eigenvalue weighted by Gasteiger charge is 2.28. The quantitative estimate of drug-likeness (QED) is 0.796. The van der Waals surface area contributed by atoms with Crippen LogP contribution in [0.2, 0.25) is 0 Å². The fourth-order valence-corrected chi connectivity index (χ4v) is 4.55. The molecule has 1 N–H and O–H groups in total. The zero-order valence-electron chi connectivity index (χ0n) is 16.8. The van der Waals surface area contributed by atoms with Gasteiger partial charge in [0.1, 0.15) is 0 Å². The van der Waals surface area contributed by atoms with E-state index in [1.807, 2.05) is 34.3 Å². The summed E-state index contributed by atoms with van der Waals surface area (Å²) in [4.78, 5) is 27.8. The van der Waals surface area contributed by atoms with Crippen LogP contribution in [0.1, 0.15) is 68.3 Å². The second-order valence-corrected chi connectivity index (χ2v) is 8.31. The molecule has 0 aliphatic heterocycles. The van der Waals surface area contributed by atoms with Crippen LogP contribution < -0.4 is 5.69 Å². The lowest BCUT2D eigenvalue weighted by Gasteiger charge is -2.23. The second-order valence-electron chi connectivity index (χ2n) is 8.31. The fourth-order valence-electron chi connectivity index (χ4n) is 4.55. The van der Waals surface area contributed by atoms with E-state index >= 15 is 0 Å². The minimum absolute atomic E-state index is 0.0493. The molecule has 6 heteroatoms. The molecule has 0 bridgehead atoms. The van der Waals surface area contributed by atoms with Gasteiger partial charge in [-0.15, -0.1) is 0 Å².